The zero-order valence-corrected chi connectivity index (χ0v) is 14.2. The summed E-state index contributed by atoms with van der Waals surface area (Å²) in [5.74, 6) is -0.0907. The fourth-order valence-corrected chi connectivity index (χ4v) is 4.37. The third-order valence-electron chi connectivity index (χ3n) is 2.84. The van der Waals surface area contributed by atoms with Gasteiger partial charge in [-0.05, 0) is 18.2 Å². The second-order valence-corrected chi connectivity index (χ2v) is 7.66. The summed E-state index contributed by atoms with van der Waals surface area (Å²) in [6.07, 6.45) is 0. The van der Waals surface area contributed by atoms with E-state index in [-0.39, 0.29) is 17.2 Å². The quantitative estimate of drug-likeness (QED) is 0.887. The van der Waals surface area contributed by atoms with Crippen molar-refractivity contribution in [3.05, 3.63) is 35.2 Å². The van der Waals surface area contributed by atoms with Gasteiger partial charge in [-0.3, -0.25) is 9.79 Å². The molecule has 1 aromatic carbocycles. The Kier molecular flexibility index (Phi) is 5.29. The van der Waals surface area contributed by atoms with Crippen molar-refractivity contribution >= 4 is 50.3 Å². The minimum absolute atomic E-state index is 0.0767. The molecule has 0 bridgehead atoms. The van der Waals surface area contributed by atoms with Crippen molar-refractivity contribution in [1.29, 1.82) is 0 Å². The number of amides is 1. The van der Waals surface area contributed by atoms with Gasteiger partial charge < -0.3 is 5.32 Å². The number of nitrogens with zero attached hydrogens (tertiary/aromatic N) is 2. The zero-order valence-electron chi connectivity index (χ0n) is 11.7. The van der Waals surface area contributed by atoms with Crippen LogP contribution in [0, 0.1) is 11.6 Å². The van der Waals surface area contributed by atoms with E-state index >= 15 is 0 Å². The Hall–Kier alpha value is -1.45. The number of hydrogen-bond acceptors (Lipinski definition) is 6. The van der Waals surface area contributed by atoms with Crippen molar-refractivity contribution in [2.24, 2.45) is 4.99 Å². The molecule has 0 saturated heterocycles. The van der Waals surface area contributed by atoms with Crippen LogP contribution in [-0.4, -0.2) is 33.3 Å². The number of aliphatic imine (C=N–C) groups is 1. The van der Waals surface area contributed by atoms with Crippen molar-refractivity contribution in [1.82, 2.24) is 4.98 Å². The molecule has 2 heterocycles. The summed E-state index contributed by atoms with van der Waals surface area (Å²) in [6, 6.07) is 3.19. The van der Waals surface area contributed by atoms with Crippen molar-refractivity contribution in [2.75, 3.05) is 23.4 Å². The van der Waals surface area contributed by atoms with E-state index in [9.17, 15) is 13.6 Å². The maximum atomic E-state index is 13.7. The number of carbonyl (C=O) groups is 1. The van der Waals surface area contributed by atoms with E-state index in [1.54, 1.807) is 17.1 Å². The van der Waals surface area contributed by atoms with Crippen LogP contribution in [0.1, 0.15) is 0 Å². The number of hydrogen-bond donors (Lipinski definition) is 1. The summed E-state index contributed by atoms with van der Waals surface area (Å²) in [4.78, 5) is 20.3. The third kappa shape index (κ3) is 4.30. The molecule has 0 unspecified atom stereocenters. The number of nitrogens with one attached hydrogen (secondary N) is 1. The van der Waals surface area contributed by atoms with Gasteiger partial charge in [0, 0.05) is 16.7 Å². The van der Waals surface area contributed by atoms with Gasteiger partial charge >= 0.3 is 0 Å². The first kappa shape index (κ1) is 16.4. The molecule has 1 N–H and O–H groups in total. The van der Waals surface area contributed by atoms with Crippen LogP contribution in [-0.2, 0) is 4.79 Å². The number of carbonyl (C=O) groups excluding carboxylic acids is 1. The molecule has 0 aliphatic carbocycles. The Labute approximate surface area is 143 Å². The smallest absolute Gasteiger partial charge is 0.236 e. The summed E-state index contributed by atoms with van der Waals surface area (Å²) in [5, 5.41) is 4.59. The van der Waals surface area contributed by atoms with Crippen LogP contribution in [0.25, 0.3) is 11.3 Å². The van der Waals surface area contributed by atoms with Gasteiger partial charge in [0.1, 0.15) is 16.0 Å². The summed E-state index contributed by atoms with van der Waals surface area (Å²) < 4.78 is 27.9. The number of thiazole rings is 1. The van der Waals surface area contributed by atoms with Crippen molar-refractivity contribution < 1.29 is 13.6 Å². The molecule has 1 aliphatic heterocycles. The molecule has 0 radical (unpaired) electrons. The van der Waals surface area contributed by atoms with Crippen LogP contribution in [0.3, 0.4) is 0 Å². The highest BCUT2D eigenvalue weighted by Crippen LogP contribution is 2.28. The molecule has 3 rings (SSSR count). The zero-order chi connectivity index (χ0) is 16.2. The van der Waals surface area contributed by atoms with E-state index in [1.807, 2.05) is 0 Å². The number of anilines is 1. The normalized spacial score (nSPS) is 13.9. The van der Waals surface area contributed by atoms with Crippen molar-refractivity contribution in [3.63, 3.8) is 0 Å². The average Bonchev–Trinajstić information content (AvgIpc) is 3.19. The maximum absolute atomic E-state index is 13.7. The predicted octanol–water partition coefficient (Wildman–Crippen LogP) is 3.86. The van der Waals surface area contributed by atoms with Crippen LogP contribution in [0.5, 0.6) is 0 Å². The highest BCUT2D eigenvalue weighted by Gasteiger charge is 2.14. The van der Waals surface area contributed by atoms with E-state index in [4.69, 9.17) is 0 Å². The Bertz CT molecular complexity index is 763. The minimum atomic E-state index is -0.554. The molecule has 9 heteroatoms. The lowest BCUT2D eigenvalue weighted by Gasteiger charge is -2.01. The van der Waals surface area contributed by atoms with E-state index in [1.165, 1.54) is 23.1 Å². The van der Waals surface area contributed by atoms with E-state index < -0.39 is 11.6 Å². The van der Waals surface area contributed by atoms with Gasteiger partial charge in [-0.2, -0.15) is 0 Å². The Morgan fingerprint density at radius 2 is 2.26 bits per heavy atom. The van der Waals surface area contributed by atoms with Crippen LogP contribution in [0.15, 0.2) is 28.6 Å². The molecular formula is C14H11F2N3OS3. The lowest BCUT2D eigenvalue weighted by atomic mass is 10.1. The van der Waals surface area contributed by atoms with Gasteiger partial charge in [-0.15, -0.1) is 11.3 Å². The SMILES string of the molecule is O=C(CSC1=NCCS1)Nc1nc(-c2cc(F)ccc2F)cs1. The highest BCUT2D eigenvalue weighted by atomic mass is 32.2. The molecule has 0 spiro atoms. The molecule has 2 aromatic rings. The van der Waals surface area contributed by atoms with Gasteiger partial charge in [0.25, 0.3) is 0 Å². The molecule has 1 amide bonds. The lowest BCUT2D eigenvalue weighted by Crippen LogP contribution is -2.14. The molecule has 0 fully saturated rings. The fraction of sp³-hybridized carbons (Fsp3) is 0.214. The number of halogens is 2. The Morgan fingerprint density at radius 3 is 3.04 bits per heavy atom. The lowest BCUT2D eigenvalue weighted by molar-refractivity contribution is -0.113. The van der Waals surface area contributed by atoms with Crippen LogP contribution in [0.2, 0.25) is 0 Å². The van der Waals surface area contributed by atoms with E-state index in [0.29, 0.717) is 10.8 Å². The number of aromatic nitrogens is 1. The Balaban J connectivity index is 1.62. The first-order valence-corrected chi connectivity index (χ1v) is 9.48. The van der Waals surface area contributed by atoms with E-state index in [0.717, 1.165) is 34.9 Å². The second kappa shape index (κ2) is 7.41. The van der Waals surface area contributed by atoms with Gasteiger partial charge in [0.05, 0.1) is 18.0 Å². The highest BCUT2D eigenvalue weighted by molar-refractivity contribution is 8.39. The maximum Gasteiger partial charge on any atom is 0.236 e. The van der Waals surface area contributed by atoms with Gasteiger partial charge in [-0.25, -0.2) is 13.8 Å². The first-order valence-electron chi connectivity index (χ1n) is 6.62. The standard InChI is InChI=1S/C14H11F2N3OS3/c15-8-1-2-10(16)9(5-8)11-6-22-13(18-11)19-12(20)7-23-14-17-3-4-21-14/h1-2,5-6H,3-4,7H2,(H,18,19,20). The Morgan fingerprint density at radius 1 is 1.39 bits per heavy atom. The molecule has 1 aliphatic rings. The van der Waals surface area contributed by atoms with Crippen LogP contribution in [0.4, 0.5) is 13.9 Å². The molecule has 4 nitrogen and oxygen atoms in total. The van der Waals surface area contributed by atoms with Crippen LogP contribution >= 0.6 is 34.9 Å². The van der Waals surface area contributed by atoms with Crippen molar-refractivity contribution in [2.45, 2.75) is 0 Å². The predicted molar refractivity (Wildman–Crippen MR) is 93.3 cm³/mol. The summed E-state index contributed by atoms with van der Waals surface area (Å²) in [7, 11) is 0. The second-order valence-electron chi connectivity index (χ2n) is 4.50. The first-order chi connectivity index (χ1) is 11.1. The molecule has 1 aromatic heterocycles. The summed E-state index contributed by atoms with van der Waals surface area (Å²) in [5.41, 5.74) is 0.374. The summed E-state index contributed by atoms with van der Waals surface area (Å²) in [6.45, 7) is 0.795. The molecular weight excluding hydrogens is 360 g/mol. The average molecular weight is 371 g/mol. The van der Waals surface area contributed by atoms with Gasteiger partial charge in [0.2, 0.25) is 5.91 Å². The fourth-order valence-electron chi connectivity index (χ4n) is 1.83. The van der Waals surface area contributed by atoms with Gasteiger partial charge in [-0.1, -0.05) is 23.5 Å². The van der Waals surface area contributed by atoms with Crippen LogP contribution < -0.4 is 5.32 Å². The largest absolute Gasteiger partial charge is 0.301 e. The topological polar surface area (TPSA) is 54.4 Å². The van der Waals surface area contributed by atoms with Crippen molar-refractivity contribution in [3.8, 4) is 11.3 Å². The summed E-state index contributed by atoms with van der Waals surface area (Å²) >= 11 is 4.19. The number of rotatable bonds is 4. The molecule has 0 saturated carbocycles. The molecule has 0 atom stereocenters. The number of benzene rings is 1. The monoisotopic (exact) mass is 371 g/mol. The van der Waals surface area contributed by atoms with Gasteiger partial charge in [0.15, 0.2) is 5.13 Å². The molecule has 120 valence electrons. The minimum Gasteiger partial charge on any atom is -0.301 e. The third-order valence-corrected chi connectivity index (χ3v) is 5.85. The number of thioether (sulfide) groups is 2. The molecule has 23 heavy (non-hydrogen) atoms. The van der Waals surface area contributed by atoms with E-state index in [2.05, 4.69) is 15.3 Å².